The molecule has 0 aliphatic carbocycles. The van der Waals surface area contributed by atoms with Gasteiger partial charge >= 0.3 is 5.97 Å². The first-order chi connectivity index (χ1) is 9.49. The normalized spacial score (nSPS) is 13.6. The van der Waals surface area contributed by atoms with Gasteiger partial charge in [-0.2, -0.15) is 12.6 Å². The lowest BCUT2D eigenvalue weighted by molar-refractivity contribution is -0.141. The van der Waals surface area contributed by atoms with Crippen molar-refractivity contribution in [2.45, 2.75) is 19.4 Å². The van der Waals surface area contributed by atoms with E-state index < -0.39 is 6.10 Å². The van der Waals surface area contributed by atoms with E-state index >= 15 is 0 Å². The Balaban J connectivity index is 2.57. The van der Waals surface area contributed by atoms with E-state index in [9.17, 15) is 15.0 Å². The van der Waals surface area contributed by atoms with Crippen LogP contribution in [0.5, 0.6) is 11.5 Å². The molecule has 0 heterocycles. The van der Waals surface area contributed by atoms with Crippen LogP contribution in [0, 0.1) is 5.92 Å². The molecule has 2 N–H and O–H groups in total. The van der Waals surface area contributed by atoms with Crippen LogP contribution in [0.25, 0.3) is 0 Å². The van der Waals surface area contributed by atoms with Crippen molar-refractivity contribution in [1.82, 2.24) is 0 Å². The Morgan fingerprint density at radius 3 is 2.70 bits per heavy atom. The van der Waals surface area contributed by atoms with Crippen molar-refractivity contribution in [1.29, 1.82) is 0 Å². The largest absolute Gasteiger partial charge is 0.504 e. The standard InChI is InChI=1S/C14H20O5S/c1-9(5-6-19-13(16)8-20)14(17)10-3-4-12(18-2)11(15)7-10/h3-4,7,9,14-15,17,20H,5-6,8H2,1-2H3/t9-,14+/m0/s1. The maximum atomic E-state index is 10.9. The van der Waals surface area contributed by atoms with Crippen LogP contribution >= 0.6 is 12.6 Å². The van der Waals surface area contributed by atoms with E-state index in [0.717, 1.165) is 0 Å². The van der Waals surface area contributed by atoms with Crippen molar-refractivity contribution >= 4 is 18.6 Å². The zero-order valence-corrected chi connectivity index (χ0v) is 12.5. The van der Waals surface area contributed by atoms with Crippen LogP contribution in [-0.4, -0.2) is 35.7 Å². The van der Waals surface area contributed by atoms with E-state index in [0.29, 0.717) is 17.7 Å². The van der Waals surface area contributed by atoms with Crippen LogP contribution in [0.3, 0.4) is 0 Å². The molecule has 2 atom stereocenters. The fourth-order valence-corrected chi connectivity index (χ4v) is 1.87. The van der Waals surface area contributed by atoms with Gasteiger partial charge in [0.1, 0.15) is 0 Å². The number of ether oxygens (including phenoxy) is 2. The number of carbonyl (C=O) groups is 1. The highest BCUT2D eigenvalue weighted by Crippen LogP contribution is 2.32. The van der Waals surface area contributed by atoms with E-state index in [1.807, 2.05) is 6.92 Å². The topological polar surface area (TPSA) is 76.0 Å². The number of hydrogen-bond acceptors (Lipinski definition) is 6. The van der Waals surface area contributed by atoms with Crippen LogP contribution < -0.4 is 4.74 Å². The first-order valence-electron chi connectivity index (χ1n) is 6.31. The first-order valence-corrected chi connectivity index (χ1v) is 6.94. The highest BCUT2D eigenvalue weighted by Gasteiger charge is 2.18. The molecule has 20 heavy (non-hydrogen) atoms. The average molecular weight is 300 g/mol. The zero-order valence-electron chi connectivity index (χ0n) is 11.6. The number of carbonyl (C=O) groups excluding carboxylic acids is 1. The number of aliphatic hydroxyl groups excluding tert-OH is 1. The SMILES string of the molecule is COc1ccc([C@H](O)[C@@H](C)CCOC(=O)CS)cc1O. The Labute approximate surface area is 123 Å². The molecular weight excluding hydrogens is 280 g/mol. The number of rotatable bonds is 7. The van der Waals surface area contributed by atoms with Crippen molar-refractivity contribution in [2.75, 3.05) is 19.5 Å². The predicted molar refractivity (Wildman–Crippen MR) is 78.2 cm³/mol. The molecule has 1 rings (SSSR count). The lowest BCUT2D eigenvalue weighted by Crippen LogP contribution is -2.14. The highest BCUT2D eigenvalue weighted by atomic mass is 32.1. The number of hydrogen-bond donors (Lipinski definition) is 3. The molecule has 1 aromatic rings. The molecule has 0 amide bonds. The van der Waals surface area contributed by atoms with Crippen LogP contribution in [0.1, 0.15) is 25.0 Å². The number of esters is 1. The molecular formula is C14H20O5S. The maximum Gasteiger partial charge on any atom is 0.315 e. The monoisotopic (exact) mass is 300 g/mol. The summed E-state index contributed by atoms with van der Waals surface area (Å²) in [5, 5.41) is 19.9. The molecule has 112 valence electrons. The fourth-order valence-electron chi connectivity index (χ4n) is 1.78. The van der Waals surface area contributed by atoms with Gasteiger partial charge in [0.25, 0.3) is 0 Å². The minimum atomic E-state index is -0.749. The first kappa shape index (κ1) is 16.7. The van der Waals surface area contributed by atoms with Crippen molar-refractivity contribution in [3.05, 3.63) is 23.8 Å². The van der Waals surface area contributed by atoms with Gasteiger partial charge in [0, 0.05) is 0 Å². The molecule has 0 aromatic heterocycles. The van der Waals surface area contributed by atoms with Gasteiger partial charge < -0.3 is 19.7 Å². The Morgan fingerprint density at radius 2 is 2.15 bits per heavy atom. The van der Waals surface area contributed by atoms with Crippen molar-refractivity contribution < 1.29 is 24.5 Å². The van der Waals surface area contributed by atoms with E-state index in [4.69, 9.17) is 9.47 Å². The highest BCUT2D eigenvalue weighted by molar-refractivity contribution is 7.81. The van der Waals surface area contributed by atoms with Gasteiger partial charge in [0.05, 0.1) is 25.6 Å². The van der Waals surface area contributed by atoms with Crippen molar-refractivity contribution in [3.8, 4) is 11.5 Å². The Morgan fingerprint density at radius 1 is 1.45 bits per heavy atom. The summed E-state index contributed by atoms with van der Waals surface area (Å²) in [5.41, 5.74) is 0.594. The number of phenolic OH excluding ortho intramolecular Hbond substituents is 1. The minimum Gasteiger partial charge on any atom is -0.504 e. The van der Waals surface area contributed by atoms with Crippen molar-refractivity contribution in [2.24, 2.45) is 5.92 Å². The van der Waals surface area contributed by atoms with Gasteiger partial charge in [-0.25, -0.2) is 0 Å². The lowest BCUT2D eigenvalue weighted by Gasteiger charge is -2.19. The van der Waals surface area contributed by atoms with Gasteiger partial charge in [0.15, 0.2) is 11.5 Å². The van der Waals surface area contributed by atoms with Gasteiger partial charge in [-0.3, -0.25) is 4.79 Å². The number of aromatic hydroxyl groups is 1. The molecule has 0 fully saturated rings. The Hall–Kier alpha value is -1.40. The molecule has 0 aliphatic rings. The van der Waals surface area contributed by atoms with E-state index in [1.54, 1.807) is 12.1 Å². The number of thiol groups is 1. The molecule has 0 saturated carbocycles. The minimum absolute atomic E-state index is 0.0160. The summed E-state index contributed by atoms with van der Waals surface area (Å²) < 4.78 is 9.86. The molecule has 0 spiro atoms. The summed E-state index contributed by atoms with van der Waals surface area (Å²) in [6, 6.07) is 4.76. The zero-order chi connectivity index (χ0) is 15.1. The summed E-state index contributed by atoms with van der Waals surface area (Å²) in [6.07, 6.45) is -0.227. The molecule has 0 bridgehead atoms. The van der Waals surface area contributed by atoms with E-state index in [1.165, 1.54) is 13.2 Å². The maximum absolute atomic E-state index is 10.9. The third-order valence-corrected chi connectivity index (χ3v) is 3.31. The van der Waals surface area contributed by atoms with Gasteiger partial charge in [-0.05, 0) is 30.0 Å². The molecule has 0 saturated heterocycles. The third-order valence-electron chi connectivity index (χ3n) is 3.05. The number of benzene rings is 1. The van der Waals surface area contributed by atoms with Crippen LogP contribution in [-0.2, 0) is 9.53 Å². The summed E-state index contributed by atoms with van der Waals surface area (Å²) >= 11 is 3.80. The molecule has 6 heteroatoms. The predicted octanol–water partition coefficient (Wildman–Crippen LogP) is 1.93. The van der Waals surface area contributed by atoms with E-state index in [2.05, 4.69) is 12.6 Å². The Bertz CT molecular complexity index is 449. The molecule has 1 aromatic carbocycles. The van der Waals surface area contributed by atoms with Gasteiger partial charge in [-0.15, -0.1) is 0 Å². The molecule has 0 radical (unpaired) electrons. The Kier molecular flexibility index (Phi) is 6.67. The molecule has 0 aliphatic heterocycles. The van der Waals surface area contributed by atoms with Crippen LogP contribution in [0.2, 0.25) is 0 Å². The second-order valence-electron chi connectivity index (χ2n) is 4.52. The smallest absolute Gasteiger partial charge is 0.315 e. The van der Waals surface area contributed by atoms with Crippen LogP contribution in [0.15, 0.2) is 18.2 Å². The number of methoxy groups -OCH3 is 1. The second kappa shape index (κ2) is 8.01. The van der Waals surface area contributed by atoms with Gasteiger partial charge in [-0.1, -0.05) is 13.0 Å². The molecule has 0 unspecified atom stereocenters. The number of phenols is 1. The fraction of sp³-hybridized carbons (Fsp3) is 0.500. The van der Waals surface area contributed by atoms with Crippen LogP contribution in [0.4, 0.5) is 0 Å². The summed E-state index contributed by atoms with van der Waals surface area (Å²) in [4.78, 5) is 10.9. The van der Waals surface area contributed by atoms with Crippen molar-refractivity contribution in [3.63, 3.8) is 0 Å². The quantitative estimate of drug-likeness (QED) is 0.530. The summed E-state index contributed by atoms with van der Waals surface area (Å²) in [7, 11) is 1.46. The summed E-state index contributed by atoms with van der Waals surface area (Å²) in [5.74, 6) is -0.106. The third kappa shape index (κ3) is 4.61. The average Bonchev–Trinajstić information content (AvgIpc) is 2.45. The van der Waals surface area contributed by atoms with E-state index in [-0.39, 0.29) is 30.0 Å². The van der Waals surface area contributed by atoms with Gasteiger partial charge in [0.2, 0.25) is 0 Å². The number of aliphatic hydroxyl groups is 1. The lowest BCUT2D eigenvalue weighted by atomic mass is 9.94. The second-order valence-corrected chi connectivity index (χ2v) is 4.84. The summed E-state index contributed by atoms with van der Waals surface area (Å²) in [6.45, 7) is 2.08. The molecule has 5 nitrogen and oxygen atoms in total.